The molecule has 0 atom stereocenters. The van der Waals surface area contributed by atoms with Crippen LogP contribution >= 0.6 is 0 Å². The summed E-state index contributed by atoms with van der Waals surface area (Å²) < 4.78 is 5.17. The number of anilines is 1. The van der Waals surface area contributed by atoms with Crippen molar-refractivity contribution < 1.29 is 9.53 Å². The SMILES string of the molecule is CCOC(=O)c1ccc(-c2ccc(CCCCC(C)(C)C)c(-c3ccc(N(CC)CC)c(C(C)(C)C)c3)c2)cc1. The van der Waals surface area contributed by atoms with Crippen LogP contribution in [0.2, 0.25) is 0 Å². The summed E-state index contributed by atoms with van der Waals surface area (Å²) in [7, 11) is 0. The Hall–Kier alpha value is -3.07. The van der Waals surface area contributed by atoms with Crippen molar-refractivity contribution in [1.82, 2.24) is 0 Å². The molecule has 3 aromatic carbocycles. The van der Waals surface area contributed by atoms with E-state index in [4.69, 9.17) is 4.74 Å². The van der Waals surface area contributed by atoms with Crippen molar-refractivity contribution in [2.45, 2.75) is 93.4 Å². The number of aryl methyl sites for hydroxylation is 1. The number of ether oxygens (including phenoxy) is 1. The van der Waals surface area contributed by atoms with Gasteiger partial charge in [0.1, 0.15) is 0 Å². The van der Waals surface area contributed by atoms with Gasteiger partial charge in [0.25, 0.3) is 0 Å². The highest BCUT2D eigenvalue weighted by Gasteiger charge is 2.22. The van der Waals surface area contributed by atoms with Crippen molar-refractivity contribution >= 4 is 11.7 Å². The number of hydrogen-bond donors (Lipinski definition) is 0. The first-order chi connectivity index (χ1) is 18.9. The fraction of sp³-hybridized carbons (Fsp3) is 0.486. The van der Waals surface area contributed by atoms with Crippen molar-refractivity contribution in [2.75, 3.05) is 24.6 Å². The van der Waals surface area contributed by atoms with Crippen LogP contribution in [0.5, 0.6) is 0 Å². The van der Waals surface area contributed by atoms with E-state index in [1.54, 1.807) is 0 Å². The van der Waals surface area contributed by atoms with E-state index in [1.165, 1.54) is 47.2 Å². The van der Waals surface area contributed by atoms with Gasteiger partial charge in [-0.1, -0.05) is 78.3 Å². The molecule has 0 fully saturated rings. The van der Waals surface area contributed by atoms with Crippen LogP contribution in [0, 0.1) is 5.41 Å². The average Bonchev–Trinajstić information content (AvgIpc) is 2.91. The van der Waals surface area contributed by atoms with E-state index in [-0.39, 0.29) is 11.4 Å². The summed E-state index contributed by atoms with van der Waals surface area (Å²) in [5.41, 5.74) is 9.94. The lowest BCUT2D eigenvalue weighted by molar-refractivity contribution is 0.0526. The molecule has 40 heavy (non-hydrogen) atoms. The van der Waals surface area contributed by atoms with E-state index in [2.05, 4.69) is 96.7 Å². The lowest BCUT2D eigenvalue weighted by atomic mass is 9.82. The largest absolute Gasteiger partial charge is 0.462 e. The first-order valence-corrected chi connectivity index (χ1v) is 15.2. The highest BCUT2D eigenvalue weighted by atomic mass is 16.5. The zero-order valence-electron chi connectivity index (χ0n) is 26.5. The molecule has 0 saturated carbocycles. The maximum Gasteiger partial charge on any atom is 0.338 e. The molecule has 0 spiro atoms. The van der Waals surface area contributed by atoms with Gasteiger partial charge in [-0.25, -0.2) is 4.79 Å². The summed E-state index contributed by atoms with van der Waals surface area (Å²) in [4.78, 5) is 14.6. The molecule has 0 aliphatic heterocycles. The van der Waals surface area contributed by atoms with Gasteiger partial charge in [0.2, 0.25) is 0 Å². The van der Waals surface area contributed by atoms with Gasteiger partial charge < -0.3 is 9.64 Å². The molecule has 0 N–H and O–H groups in total. The third-order valence-electron chi connectivity index (χ3n) is 7.68. The molecular formula is C37H51NO2. The lowest BCUT2D eigenvalue weighted by Crippen LogP contribution is -2.26. The molecule has 0 aliphatic rings. The molecular weight excluding hydrogens is 490 g/mol. The molecule has 0 aliphatic carbocycles. The van der Waals surface area contributed by atoms with E-state index in [0.29, 0.717) is 17.6 Å². The van der Waals surface area contributed by atoms with Crippen molar-refractivity contribution in [3.63, 3.8) is 0 Å². The minimum absolute atomic E-state index is 0.0291. The second kappa shape index (κ2) is 13.5. The smallest absolute Gasteiger partial charge is 0.338 e. The van der Waals surface area contributed by atoms with E-state index in [0.717, 1.165) is 30.6 Å². The Bertz CT molecular complexity index is 1250. The second-order valence-corrected chi connectivity index (χ2v) is 13.1. The maximum absolute atomic E-state index is 12.2. The van der Waals surface area contributed by atoms with Crippen molar-refractivity contribution in [2.24, 2.45) is 5.41 Å². The Morgan fingerprint density at radius 3 is 1.95 bits per heavy atom. The highest BCUT2D eigenvalue weighted by Crippen LogP contribution is 2.38. The van der Waals surface area contributed by atoms with Crippen LogP contribution in [0.1, 0.15) is 103 Å². The van der Waals surface area contributed by atoms with Crippen molar-refractivity contribution in [3.8, 4) is 22.3 Å². The normalized spacial score (nSPS) is 11.9. The van der Waals surface area contributed by atoms with Gasteiger partial charge in [-0.15, -0.1) is 0 Å². The van der Waals surface area contributed by atoms with Crippen LogP contribution in [0.4, 0.5) is 5.69 Å². The summed E-state index contributed by atoms with van der Waals surface area (Å²) in [5.74, 6) is -0.275. The number of unbranched alkanes of at least 4 members (excludes halogenated alkanes) is 1. The molecule has 0 radical (unpaired) electrons. The Kier molecular flexibility index (Phi) is 10.6. The predicted octanol–water partition coefficient (Wildman–Crippen LogP) is 10.1. The van der Waals surface area contributed by atoms with Gasteiger partial charge in [-0.3, -0.25) is 0 Å². The molecule has 3 heteroatoms. The Balaban J connectivity index is 2.07. The first kappa shape index (κ1) is 31.5. The average molecular weight is 542 g/mol. The second-order valence-electron chi connectivity index (χ2n) is 13.1. The highest BCUT2D eigenvalue weighted by molar-refractivity contribution is 5.90. The fourth-order valence-electron chi connectivity index (χ4n) is 5.37. The zero-order chi connectivity index (χ0) is 29.5. The van der Waals surface area contributed by atoms with Gasteiger partial charge in [0, 0.05) is 18.8 Å². The third kappa shape index (κ3) is 8.22. The Morgan fingerprint density at radius 2 is 1.38 bits per heavy atom. The van der Waals surface area contributed by atoms with Crippen LogP contribution in [0.15, 0.2) is 60.7 Å². The molecule has 0 unspecified atom stereocenters. The molecule has 0 heterocycles. The van der Waals surface area contributed by atoms with Crippen LogP contribution < -0.4 is 4.90 Å². The van der Waals surface area contributed by atoms with Crippen molar-refractivity contribution in [3.05, 3.63) is 77.4 Å². The summed E-state index contributed by atoms with van der Waals surface area (Å²) in [5, 5.41) is 0. The molecule has 3 nitrogen and oxygen atoms in total. The number of nitrogens with zero attached hydrogens (tertiary/aromatic N) is 1. The molecule has 0 saturated heterocycles. The topological polar surface area (TPSA) is 29.5 Å². The van der Waals surface area contributed by atoms with E-state index >= 15 is 0 Å². The van der Waals surface area contributed by atoms with Gasteiger partial charge in [-0.05, 0) is 115 Å². The standard InChI is InChI=1S/C37H51NO2/c1-10-38(11-2)34-23-22-31(26-33(34)37(7,8)9)32-25-30(21-18-28(32)15-13-14-24-36(4,5)6)27-16-19-29(20-17-27)35(39)40-12-3/h16-23,25-26H,10-15,24H2,1-9H3. The molecule has 0 bridgehead atoms. The molecule has 0 amide bonds. The van der Waals surface area contributed by atoms with Gasteiger partial charge in [-0.2, -0.15) is 0 Å². The van der Waals surface area contributed by atoms with Crippen LogP contribution in [0.3, 0.4) is 0 Å². The lowest BCUT2D eigenvalue weighted by Gasteiger charge is -2.31. The maximum atomic E-state index is 12.2. The zero-order valence-corrected chi connectivity index (χ0v) is 26.5. The summed E-state index contributed by atoms with van der Waals surface area (Å²) in [6.07, 6.45) is 4.71. The predicted molar refractivity (Wildman–Crippen MR) is 173 cm³/mol. The minimum atomic E-state index is -0.275. The first-order valence-electron chi connectivity index (χ1n) is 15.2. The van der Waals surface area contributed by atoms with Crippen LogP contribution in [-0.4, -0.2) is 25.7 Å². The number of carbonyl (C=O) groups is 1. The fourth-order valence-corrected chi connectivity index (χ4v) is 5.37. The van der Waals surface area contributed by atoms with Gasteiger partial charge >= 0.3 is 5.97 Å². The summed E-state index contributed by atoms with van der Waals surface area (Å²) in [6.45, 7) is 22.6. The number of rotatable bonds is 11. The molecule has 216 valence electrons. The molecule has 0 aromatic heterocycles. The van der Waals surface area contributed by atoms with Crippen molar-refractivity contribution in [1.29, 1.82) is 0 Å². The quantitative estimate of drug-likeness (QED) is 0.179. The Labute approximate surface area is 244 Å². The third-order valence-corrected chi connectivity index (χ3v) is 7.68. The van der Waals surface area contributed by atoms with Crippen LogP contribution in [0.25, 0.3) is 22.3 Å². The van der Waals surface area contributed by atoms with E-state index in [1.807, 2.05) is 31.2 Å². The van der Waals surface area contributed by atoms with E-state index in [9.17, 15) is 4.79 Å². The van der Waals surface area contributed by atoms with E-state index < -0.39 is 0 Å². The number of carbonyl (C=O) groups excluding carboxylic acids is 1. The number of hydrogen-bond acceptors (Lipinski definition) is 3. The van der Waals surface area contributed by atoms with Crippen LogP contribution in [-0.2, 0) is 16.6 Å². The van der Waals surface area contributed by atoms with Gasteiger partial charge in [0.15, 0.2) is 0 Å². The Morgan fingerprint density at radius 1 is 0.750 bits per heavy atom. The monoisotopic (exact) mass is 541 g/mol. The number of esters is 1. The summed E-state index contributed by atoms with van der Waals surface area (Å²) >= 11 is 0. The minimum Gasteiger partial charge on any atom is -0.462 e. The molecule has 3 rings (SSSR count). The number of benzene rings is 3. The molecule has 3 aromatic rings. The van der Waals surface area contributed by atoms with Gasteiger partial charge in [0.05, 0.1) is 12.2 Å². The summed E-state index contributed by atoms with van der Waals surface area (Å²) in [6, 6.07) is 21.7.